The summed E-state index contributed by atoms with van der Waals surface area (Å²) in [6.45, 7) is 5.60. The molecule has 7 heteroatoms. The number of nitrogens with one attached hydrogen (secondary N) is 3. The summed E-state index contributed by atoms with van der Waals surface area (Å²) in [5.41, 5.74) is 0.938. The summed E-state index contributed by atoms with van der Waals surface area (Å²) < 4.78 is 26.4. The monoisotopic (exact) mass is 326 g/mol. The molecule has 0 amide bonds. The third-order valence-electron chi connectivity index (χ3n) is 2.90. The number of hydrogen-bond donors (Lipinski definition) is 3. The van der Waals surface area contributed by atoms with Crippen LogP contribution < -0.4 is 15.4 Å². The van der Waals surface area contributed by atoms with E-state index in [2.05, 4.69) is 34.2 Å². The fourth-order valence-corrected chi connectivity index (χ4v) is 2.59. The van der Waals surface area contributed by atoms with Crippen LogP contribution in [0.15, 0.2) is 35.3 Å². The zero-order chi connectivity index (χ0) is 16.4. The number of benzene rings is 1. The highest BCUT2D eigenvalue weighted by atomic mass is 32.2. The van der Waals surface area contributed by atoms with Crippen molar-refractivity contribution in [1.29, 1.82) is 0 Å². The van der Waals surface area contributed by atoms with Crippen molar-refractivity contribution in [3.8, 4) is 0 Å². The Morgan fingerprint density at radius 3 is 2.45 bits per heavy atom. The molecular weight excluding hydrogens is 300 g/mol. The maximum atomic E-state index is 11.9. The molecule has 0 aliphatic carbocycles. The van der Waals surface area contributed by atoms with Crippen LogP contribution in [-0.2, 0) is 16.6 Å². The van der Waals surface area contributed by atoms with Crippen molar-refractivity contribution in [3.05, 3.63) is 35.9 Å². The molecule has 22 heavy (non-hydrogen) atoms. The SMILES string of the molecule is CN=C(NCCS(=O)(=O)NCc1ccccc1)NCC(C)C. The van der Waals surface area contributed by atoms with E-state index >= 15 is 0 Å². The van der Waals surface area contributed by atoms with E-state index in [1.54, 1.807) is 7.05 Å². The molecule has 1 rings (SSSR count). The Bertz CT molecular complexity index is 556. The van der Waals surface area contributed by atoms with E-state index in [-0.39, 0.29) is 5.75 Å². The summed E-state index contributed by atoms with van der Waals surface area (Å²) >= 11 is 0. The van der Waals surface area contributed by atoms with Crippen LogP contribution in [0.25, 0.3) is 0 Å². The Kier molecular flexibility index (Phi) is 7.90. The molecule has 0 heterocycles. The lowest BCUT2D eigenvalue weighted by Crippen LogP contribution is -2.42. The van der Waals surface area contributed by atoms with Crippen molar-refractivity contribution in [2.24, 2.45) is 10.9 Å². The van der Waals surface area contributed by atoms with Gasteiger partial charge in [0.2, 0.25) is 10.0 Å². The predicted molar refractivity (Wildman–Crippen MR) is 91.3 cm³/mol. The Morgan fingerprint density at radius 1 is 1.18 bits per heavy atom. The summed E-state index contributed by atoms with van der Waals surface area (Å²) in [4.78, 5) is 4.05. The van der Waals surface area contributed by atoms with Crippen LogP contribution in [0.2, 0.25) is 0 Å². The van der Waals surface area contributed by atoms with E-state index in [4.69, 9.17) is 0 Å². The maximum Gasteiger partial charge on any atom is 0.213 e. The second-order valence-electron chi connectivity index (χ2n) is 5.40. The van der Waals surface area contributed by atoms with E-state index in [1.165, 1.54) is 0 Å². The van der Waals surface area contributed by atoms with Gasteiger partial charge >= 0.3 is 0 Å². The first-order valence-electron chi connectivity index (χ1n) is 7.38. The molecular formula is C15H26N4O2S. The van der Waals surface area contributed by atoms with Gasteiger partial charge in [-0.2, -0.15) is 0 Å². The number of aliphatic imine (C=N–C) groups is 1. The molecule has 0 aromatic heterocycles. The van der Waals surface area contributed by atoms with E-state index in [0.29, 0.717) is 25.0 Å². The molecule has 3 N–H and O–H groups in total. The van der Waals surface area contributed by atoms with Gasteiger partial charge in [-0.15, -0.1) is 0 Å². The molecule has 0 unspecified atom stereocenters. The van der Waals surface area contributed by atoms with Crippen molar-refractivity contribution >= 4 is 16.0 Å². The third kappa shape index (κ3) is 7.99. The van der Waals surface area contributed by atoms with Crippen LogP contribution in [0.5, 0.6) is 0 Å². The van der Waals surface area contributed by atoms with Gasteiger partial charge in [0.25, 0.3) is 0 Å². The van der Waals surface area contributed by atoms with Crippen molar-refractivity contribution in [1.82, 2.24) is 15.4 Å². The van der Waals surface area contributed by atoms with Crippen molar-refractivity contribution < 1.29 is 8.42 Å². The normalized spacial score (nSPS) is 12.5. The highest BCUT2D eigenvalue weighted by molar-refractivity contribution is 7.89. The van der Waals surface area contributed by atoms with Gasteiger partial charge in [0.1, 0.15) is 0 Å². The highest BCUT2D eigenvalue weighted by Gasteiger charge is 2.10. The van der Waals surface area contributed by atoms with Crippen LogP contribution in [0.3, 0.4) is 0 Å². The first-order valence-corrected chi connectivity index (χ1v) is 9.04. The summed E-state index contributed by atoms with van der Waals surface area (Å²) in [6, 6.07) is 9.44. The zero-order valence-electron chi connectivity index (χ0n) is 13.5. The van der Waals surface area contributed by atoms with Gasteiger partial charge in [-0.3, -0.25) is 4.99 Å². The second-order valence-corrected chi connectivity index (χ2v) is 7.33. The van der Waals surface area contributed by atoms with Crippen LogP contribution in [0.4, 0.5) is 0 Å². The molecule has 0 aliphatic rings. The van der Waals surface area contributed by atoms with Gasteiger partial charge in [0, 0.05) is 26.7 Å². The van der Waals surface area contributed by atoms with E-state index in [1.807, 2.05) is 30.3 Å². The lowest BCUT2D eigenvalue weighted by atomic mass is 10.2. The van der Waals surface area contributed by atoms with Gasteiger partial charge in [-0.05, 0) is 11.5 Å². The lowest BCUT2D eigenvalue weighted by molar-refractivity contribution is 0.579. The minimum absolute atomic E-state index is 0.00219. The standard InChI is InChI=1S/C15H26N4O2S/c1-13(2)11-18-15(16-3)17-9-10-22(20,21)19-12-14-7-5-4-6-8-14/h4-8,13,19H,9-12H2,1-3H3,(H2,16,17,18). The molecule has 0 atom stereocenters. The van der Waals surface area contributed by atoms with Crippen LogP contribution in [0.1, 0.15) is 19.4 Å². The topological polar surface area (TPSA) is 82.6 Å². The van der Waals surface area contributed by atoms with Gasteiger partial charge < -0.3 is 10.6 Å². The minimum atomic E-state index is -3.31. The summed E-state index contributed by atoms with van der Waals surface area (Å²) in [5, 5.41) is 6.14. The van der Waals surface area contributed by atoms with Crippen LogP contribution in [0, 0.1) is 5.92 Å². The molecule has 0 radical (unpaired) electrons. The van der Waals surface area contributed by atoms with E-state index in [9.17, 15) is 8.42 Å². The molecule has 6 nitrogen and oxygen atoms in total. The van der Waals surface area contributed by atoms with Crippen molar-refractivity contribution in [2.75, 3.05) is 25.9 Å². The second kappa shape index (κ2) is 9.42. The third-order valence-corrected chi connectivity index (χ3v) is 4.23. The first-order chi connectivity index (χ1) is 10.4. The Hall–Kier alpha value is -1.60. The molecule has 0 saturated heterocycles. The quantitative estimate of drug-likeness (QED) is 0.490. The highest BCUT2D eigenvalue weighted by Crippen LogP contribution is 1.98. The molecule has 1 aromatic carbocycles. The minimum Gasteiger partial charge on any atom is -0.356 e. The summed E-state index contributed by atoms with van der Waals surface area (Å²) in [7, 11) is -1.65. The maximum absolute atomic E-state index is 11.9. The number of rotatable bonds is 8. The molecule has 0 bridgehead atoms. The predicted octanol–water partition coefficient (Wildman–Crippen LogP) is 0.927. The number of guanidine groups is 1. The van der Waals surface area contributed by atoms with Gasteiger partial charge in [-0.25, -0.2) is 13.1 Å². The molecule has 0 spiro atoms. The van der Waals surface area contributed by atoms with Gasteiger partial charge in [-0.1, -0.05) is 44.2 Å². The molecule has 0 fully saturated rings. The largest absolute Gasteiger partial charge is 0.356 e. The van der Waals surface area contributed by atoms with E-state index in [0.717, 1.165) is 12.1 Å². The first kappa shape index (κ1) is 18.4. The van der Waals surface area contributed by atoms with Crippen molar-refractivity contribution in [2.45, 2.75) is 20.4 Å². The smallest absolute Gasteiger partial charge is 0.213 e. The zero-order valence-corrected chi connectivity index (χ0v) is 14.3. The Morgan fingerprint density at radius 2 is 1.86 bits per heavy atom. The number of hydrogen-bond acceptors (Lipinski definition) is 3. The fourth-order valence-electron chi connectivity index (χ4n) is 1.69. The lowest BCUT2D eigenvalue weighted by Gasteiger charge is -2.13. The Labute approximate surface area is 133 Å². The fraction of sp³-hybridized carbons (Fsp3) is 0.533. The van der Waals surface area contributed by atoms with Crippen LogP contribution in [-0.4, -0.2) is 40.3 Å². The average Bonchev–Trinajstić information content (AvgIpc) is 2.49. The molecule has 0 saturated carbocycles. The average molecular weight is 326 g/mol. The Balaban J connectivity index is 2.33. The van der Waals surface area contributed by atoms with Crippen LogP contribution >= 0.6 is 0 Å². The molecule has 1 aromatic rings. The molecule has 124 valence electrons. The summed E-state index contributed by atoms with van der Waals surface area (Å²) in [6.07, 6.45) is 0. The van der Waals surface area contributed by atoms with Crippen molar-refractivity contribution in [3.63, 3.8) is 0 Å². The number of sulfonamides is 1. The van der Waals surface area contributed by atoms with E-state index < -0.39 is 10.0 Å². The summed E-state index contributed by atoms with van der Waals surface area (Å²) in [5.74, 6) is 1.11. The van der Waals surface area contributed by atoms with Gasteiger partial charge in [0.15, 0.2) is 5.96 Å². The molecule has 0 aliphatic heterocycles. The van der Waals surface area contributed by atoms with Gasteiger partial charge in [0.05, 0.1) is 5.75 Å². The number of nitrogens with zero attached hydrogens (tertiary/aromatic N) is 1.